The van der Waals surface area contributed by atoms with Gasteiger partial charge in [0.25, 0.3) is 0 Å². The van der Waals surface area contributed by atoms with Crippen LogP contribution in [0.1, 0.15) is 23.0 Å². The van der Waals surface area contributed by atoms with Crippen LogP contribution >= 0.6 is 23.2 Å². The molecule has 0 bridgehead atoms. The van der Waals surface area contributed by atoms with Crippen LogP contribution in [0.25, 0.3) is 5.69 Å². The van der Waals surface area contributed by atoms with Gasteiger partial charge in [-0.15, -0.1) is 0 Å². The predicted octanol–water partition coefficient (Wildman–Crippen LogP) is 3.90. The summed E-state index contributed by atoms with van der Waals surface area (Å²) in [5.74, 6) is 0.325. The van der Waals surface area contributed by atoms with Crippen LogP contribution in [0.3, 0.4) is 0 Å². The van der Waals surface area contributed by atoms with Crippen molar-refractivity contribution in [2.24, 2.45) is 0 Å². The number of Topliss-reactive ketones (excluding diaryl/α,β-unsaturated/α-hetero) is 1. The number of carbonyl (C=O) groups is 1. The molecule has 1 heterocycles. The maximum Gasteiger partial charge on any atom is 0.333 e. The molecule has 0 saturated carbocycles. The summed E-state index contributed by atoms with van der Waals surface area (Å²) in [6.07, 6.45) is 0.731. The lowest BCUT2D eigenvalue weighted by atomic mass is 10.1. The predicted molar refractivity (Wildman–Crippen MR) is 113 cm³/mol. The number of rotatable bonds is 7. The maximum absolute atomic E-state index is 12.8. The number of aryl methyl sites for hydroxylation is 1. The summed E-state index contributed by atoms with van der Waals surface area (Å²) in [6, 6.07) is 11.6. The highest BCUT2D eigenvalue weighted by Crippen LogP contribution is 2.27. The number of aliphatic hydroxyl groups is 1. The first-order valence-corrected chi connectivity index (χ1v) is 9.68. The summed E-state index contributed by atoms with van der Waals surface area (Å²) in [7, 11) is 0. The fourth-order valence-corrected chi connectivity index (χ4v) is 3.30. The van der Waals surface area contributed by atoms with Crippen molar-refractivity contribution in [3.63, 3.8) is 0 Å². The summed E-state index contributed by atoms with van der Waals surface area (Å²) >= 11 is 12.0. The zero-order valence-corrected chi connectivity index (χ0v) is 17.4. The number of aromatic nitrogens is 2. The largest absolute Gasteiger partial charge is 0.489 e. The highest BCUT2D eigenvalue weighted by molar-refractivity contribution is 6.34. The van der Waals surface area contributed by atoms with Crippen molar-refractivity contribution in [1.29, 1.82) is 0 Å². The van der Waals surface area contributed by atoms with Crippen LogP contribution in [0.5, 0.6) is 5.75 Å². The van der Waals surface area contributed by atoms with E-state index in [-0.39, 0.29) is 24.6 Å². The van der Waals surface area contributed by atoms with E-state index in [1.165, 1.54) is 16.1 Å². The van der Waals surface area contributed by atoms with E-state index in [9.17, 15) is 14.7 Å². The molecule has 0 aliphatic heterocycles. The molecule has 8 heteroatoms. The number of ketones is 1. The van der Waals surface area contributed by atoms with Gasteiger partial charge in [0.05, 0.1) is 17.3 Å². The van der Waals surface area contributed by atoms with Gasteiger partial charge in [0, 0.05) is 28.5 Å². The summed E-state index contributed by atoms with van der Waals surface area (Å²) in [5, 5.41) is 11.2. The molecule has 0 unspecified atom stereocenters. The SMILES string of the molecule is CC(=O)c1ccc(-n2c(C)cn(C[C@H](O)COc3cc(Cl)ccc3Cl)c2=O)cc1. The fraction of sp³-hybridized carbons (Fsp3) is 0.238. The average Bonchev–Trinajstić information content (AvgIpc) is 2.95. The Balaban J connectivity index is 1.73. The number of carbonyl (C=O) groups excluding carboxylic acids is 1. The minimum atomic E-state index is -0.932. The minimum absolute atomic E-state index is 0.0406. The lowest BCUT2D eigenvalue weighted by Crippen LogP contribution is -2.31. The topological polar surface area (TPSA) is 73.5 Å². The van der Waals surface area contributed by atoms with Crippen LogP contribution in [0, 0.1) is 6.92 Å². The lowest BCUT2D eigenvalue weighted by Gasteiger charge is -2.13. The van der Waals surface area contributed by atoms with Crippen molar-refractivity contribution in [1.82, 2.24) is 9.13 Å². The van der Waals surface area contributed by atoms with Gasteiger partial charge in [0.15, 0.2) is 5.78 Å². The Morgan fingerprint density at radius 3 is 2.52 bits per heavy atom. The summed E-state index contributed by atoms with van der Waals surface area (Å²) in [4.78, 5) is 24.2. The molecule has 3 aromatic rings. The molecule has 6 nitrogen and oxygen atoms in total. The third-order valence-corrected chi connectivity index (χ3v) is 4.94. The molecule has 0 aliphatic rings. The number of halogens is 2. The quantitative estimate of drug-likeness (QED) is 0.572. The summed E-state index contributed by atoms with van der Waals surface area (Å²) in [5.41, 5.74) is 1.63. The molecule has 29 heavy (non-hydrogen) atoms. The molecule has 1 aromatic heterocycles. The Kier molecular flexibility index (Phi) is 6.47. The molecule has 0 amide bonds. The molecule has 0 saturated heterocycles. The summed E-state index contributed by atoms with van der Waals surface area (Å²) < 4.78 is 8.47. The number of aliphatic hydroxyl groups excluding tert-OH is 1. The van der Waals surface area contributed by atoms with Crippen LogP contribution in [-0.2, 0) is 6.54 Å². The number of benzene rings is 2. The number of ether oxygens (including phenoxy) is 1. The van der Waals surface area contributed by atoms with E-state index in [1.54, 1.807) is 55.6 Å². The first-order valence-electron chi connectivity index (χ1n) is 8.92. The second-order valence-electron chi connectivity index (χ2n) is 6.68. The molecule has 1 N–H and O–H groups in total. The fourth-order valence-electron chi connectivity index (χ4n) is 2.96. The van der Waals surface area contributed by atoms with E-state index in [0.717, 1.165) is 0 Å². The minimum Gasteiger partial charge on any atom is -0.489 e. The second kappa shape index (κ2) is 8.86. The second-order valence-corrected chi connectivity index (χ2v) is 7.53. The standard InChI is InChI=1S/C21H20Cl2N2O4/c1-13-10-24(11-18(27)12-29-20-9-16(22)5-8-19(20)23)21(28)25(13)17-6-3-15(4-7-17)14(2)26/h3-10,18,27H,11-12H2,1-2H3/t18-/m0/s1. The normalized spacial score (nSPS) is 12.0. The third kappa shape index (κ3) is 4.90. The van der Waals surface area contributed by atoms with Crippen molar-refractivity contribution in [2.75, 3.05) is 6.61 Å². The van der Waals surface area contributed by atoms with Gasteiger partial charge in [0.2, 0.25) is 0 Å². The smallest absolute Gasteiger partial charge is 0.333 e. The van der Waals surface area contributed by atoms with E-state index >= 15 is 0 Å². The maximum atomic E-state index is 12.8. The van der Waals surface area contributed by atoms with Gasteiger partial charge in [-0.25, -0.2) is 4.79 Å². The monoisotopic (exact) mass is 434 g/mol. The van der Waals surface area contributed by atoms with Gasteiger partial charge >= 0.3 is 5.69 Å². The number of imidazole rings is 1. The molecular formula is C21H20Cl2N2O4. The van der Waals surface area contributed by atoms with Crippen molar-refractivity contribution in [2.45, 2.75) is 26.5 Å². The molecule has 0 radical (unpaired) electrons. The number of hydrogen-bond donors (Lipinski definition) is 1. The Labute approximate surface area is 177 Å². The Hall–Kier alpha value is -2.54. The molecule has 0 fully saturated rings. The number of nitrogens with zero attached hydrogens (tertiary/aromatic N) is 2. The Bertz CT molecular complexity index is 1090. The van der Waals surface area contributed by atoms with Gasteiger partial charge in [-0.1, -0.05) is 23.2 Å². The van der Waals surface area contributed by atoms with E-state index in [2.05, 4.69) is 0 Å². The van der Waals surface area contributed by atoms with Gasteiger partial charge in [-0.2, -0.15) is 0 Å². The lowest BCUT2D eigenvalue weighted by molar-refractivity contribution is 0.0916. The van der Waals surface area contributed by atoms with Gasteiger partial charge in [0.1, 0.15) is 18.5 Å². The Morgan fingerprint density at radius 2 is 1.86 bits per heavy atom. The molecule has 1 atom stereocenters. The zero-order valence-electron chi connectivity index (χ0n) is 15.9. The molecule has 0 aliphatic carbocycles. The summed E-state index contributed by atoms with van der Waals surface area (Å²) in [6.45, 7) is 3.29. The van der Waals surface area contributed by atoms with E-state index < -0.39 is 6.10 Å². The highest BCUT2D eigenvalue weighted by Gasteiger charge is 2.15. The van der Waals surface area contributed by atoms with Crippen molar-refractivity contribution in [3.8, 4) is 11.4 Å². The molecule has 3 rings (SSSR count). The van der Waals surface area contributed by atoms with Crippen LogP contribution in [0.15, 0.2) is 53.5 Å². The van der Waals surface area contributed by atoms with Crippen molar-refractivity contribution >= 4 is 29.0 Å². The Morgan fingerprint density at radius 1 is 1.17 bits per heavy atom. The average molecular weight is 435 g/mol. The van der Waals surface area contributed by atoms with Crippen LogP contribution in [-0.4, -0.2) is 32.7 Å². The van der Waals surface area contributed by atoms with E-state index in [0.29, 0.717) is 32.7 Å². The van der Waals surface area contributed by atoms with Crippen molar-refractivity contribution in [3.05, 3.63) is 80.4 Å². The first-order chi connectivity index (χ1) is 13.8. The van der Waals surface area contributed by atoms with Crippen molar-refractivity contribution < 1.29 is 14.6 Å². The number of hydrogen-bond acceptors (Lipinski definition) is 4. The van der Waals surface area contributed by atoms with Gasteiger partial charge in [-0.3, -0.25) is 13.9 Å². The first kappa shape index (κ1) is 21.2. The van der Waals surface area contributed by atoms with E-state index in [1.807, 2.05) is 0 Å². The van der Waals surface area contributed by atoms with Gasteiger partial charge < -0.3 is 9.84 Å². The van der Waals surface area contributed by atoms with E-state index in [4.69, 9.17) is 27.9 Å². The van der Waals surface area contributed by atoms with Gasteiger partial charge in [-0.05, 0) is 50.2 Å². The molecular weight excluding hydrogens is 415 g/mol. The van der Waals surface area contributed by atoms with Crippen LogP contribution in [0.4, 0.5) is 0 Å². The third-order valence-electron chi connectivity index (χ3n) is 4.40. The van der Waals surface area contributed by atoms with Crippen LogP contribution in [0.2, 0.25) is 10.0 Å². The zero-order chi connectivity index (χ0) is 21.1. The molecule has 2 aromatic carbocycles. The molecule has 0 spiro atoms. The highest BCUT2D eigenvalue weighted by atomic mass is 35.5. The van der Waals surface area contributed by atoms with Crippen LogP contribution < -0.4 is 10.4 Å². The molecule has 152 valence electrons.